The van der Waals surface area contributed by atoms with Crippen LogP contribution in [0, 0.1) is 5.92 Å². The van der Waals surface area contributed by atoms with Crippen molar-refractivity contribution >= 4 is 39.2 Å². The summed E-state index contributed by atoms with van der Waals surface area (Å²) in [4.78, 5) is 33.1. The van der Waals surface area contributed by atoms with Crippen molar-refractivity contribution in [3.05, 3.63) is 52.6 Å². The van der Waals surface area contributed by atoms with Gasteiger partial charge in [0.2, 0.25) is 5.91 Å². The molecule has 0 atom stereocenters. The lowest BCUT2D eigenvalue weighted by molar-refractivity contribution is -0.121. The van der Waals surface area contributed by atoms with Crippen LogP contribution in [-0.4, -0.2) is 48.9 Å². The molecule has 6 nitrogen and oxygen atoms in total. The Kier molecular flexibility index (Phi) is 6.11. The van der Waals surface area contributed by atoms with Crippen LogP contribution in [0.5, 0.6) is 0 Å². The molecule has 0 unspecified atom stereocenters. The van der Waals surface area contributed by atoms with Gasteiger partial charge in [-0.15, -0.1) is 0 Å². The Balaban J connectivity index is 1.53. The highest BCUT2D eigenvalue weighted by atomic mass is 79.9. The maximum Gasteiger partial charge on any atom is 0.253 e. The molecule has 7 heteroatoms. The molecule has 1 fully saturated rings. The SMILES string of the molecule is CN(C)c1ccc(NC(=O)C2CCN(C(=O)c3ccc(Br)cc3)CC2)cn1. The van der Waals surface area contributed by atoms with Crippen molar-refractivity contribution in [3.63, 3.8) is 0 Å². The third kappa shape index (κ3) is 4.86. The molecule has 3 rings (SSSR count). The number of hydrogen-bond acceptors (Lipinski definition) is 4. The van der Waals surface area contributed by atoms with Crippen molar-refractivity contribution in [2.45, 2.75) is 12.8 Å². The summed E-state index contributed by atoms with van der Waals surface area (Å²) >= 11 is 3.38. The molecule has 1 N–H and O–H groups in total. The molecule has 2 aromatic rings. The number of carbonyl (C=O) groups is 2. The predicted molar refractivity (Wildman–Crippen MR) is 110 cm³/mol. The monoisotopic (exact) mass is 430 g/mol. The molecule has 1 saturated heterocycles. The average molecular weight is 431 g/mol. The smallest absolute Gasteiger partial charge is 0.253 e. The van der Waals surface area contributed by atoms with Gasteiger partial charge in [0.25, 0.3) is 5.91 Å². The van der Waals surface area contributed by atoms with Crippen LogP contribution in [0.15, 0.2) is 47.1 Å². The number of rotatable bonds is 4. The van der Waals surface area contributed by atoms with Gasteiger partial charge in [0.15, 0.2) is 0 Å². The van der Waals surface area contributed by atoms with Crippen LogP contribution in [0.1, 0.15) is 23.2 Å². The molecule has 0 aliphatic carbocycles. The van der Waals surface area contributed by atoms with Crippen molar-refractivity contribution < 1.29 is 9.59 Å². The summed E-state index contributed by atoms with van der Waals surface area (Å²) in [6.07, 6.45) is 2.99. The molecule has 1 aromatic heterocycles. The van der Waals surface area contributed by atoms with E-state index in [1.165, 1.54) is 0 Å². The van der Waals surface area contributed by atoms with E-state index in [0.29, 0.717) is 37.2 Å². The van der Waals surface area contributed by atoms with Gasteiger partial charge in [0.05, 0.1) is 11.9 Å². The fourth-order valence-electron chi connectivity index (χ4n) is 3.09. The third-order valence-electron chi connectivity index (χ3n) is 4.72. The van der Waals surface area contributed by atoms with E-state index in [1.54, 1.807) is 6.20 Å². The number of hydrogen-bond donors (Lipinski definition) is 1. The second kappa shape index (κ2) is 8.52. The Morgan fingerprint density at radius 3 is 2.33 bits per heavy atom. The van der Waals surface area contributed by atoms with E-state index in [-0.39, 0.29) is 17.7 Å². The first-order valence-electron chi connectivity index (χ1n) is 8.93. The summed E-state index contributed by atoms with van der Waals surface area (Å²) in [5.74, 6) is 0.759. The highest BCUT2D eigenvalue weighted by Crippen LogP contribution is 2.22. The van der Waals surface area contributed by atoms with Crippen molar-refractivity contribution in [2.75, 3.05) is 37.4 Å². The van der Waals surface area contributed by atoms with Gasteiger partial charge in [-0.25, -0.2) is 4.98 Å². The summed E-state index contributed by atoms with van der Waals surface area (Å²) in [5.41, 5.74) is 1.37. The van der Waals surface area contributed by atoms with Crippen molar-refractivity contribution in [3.8, 4) is 0 Å². The molecular weight excluding hydrogens is 408 g/mol. The minimum absolute atomic E-state index is 0.00913. The van der Waals surface area contributed by atoms with Gasteiger partial charge in [-0.2, -0.15) is 0 Å². The van der Waals surface area contributed by atoms with Crippen molar-refractivity contribution in [2.24, 2.45) is 5.92 Å². The number of halogens is 1. The lowest BCUT2D eigenvalue weighted by Gasteiger charge is -2.31. The predicted octanol–water partition coefficient (Wildman–Crippen LogP) is 3.40. The maximum atomic E-state index is 12.6. The van der Waals surface area contributed by atoms with Gasteiger partial charge in [-0.1, -0.05) is 15.9 Å². The molecule has 27 heavy (non-hydrogen) atoms. The number of pyridine rings is 1. The zero-order valence-corrected chi connectivity index (χ0v) is 17.1. The van der Waals surface area contributed by atoms with Crippen molar-refractivity contribution in [1.82, 2.24) is 9.88 Å². The average Bonchev–Trinajstić information content (AvgIpc) is 2.68. The molecule has 0 bridgehead atoms. The van der Waals surface area contributed by atoms with E-state index in [2.05, 4.69) is 26.2 Å². The van der Waals surface area contributed by atoms with Gasteiger partial charge < -0.3 is 15.1 Å². The molecule has 0 spiro atoms. The van der Waals surface area contributed by atoms with Crippen LogP contribution < -0.4 is 10.2 Å². The Morgan fingerprint density at radius 2 is 1.78 bits per heavy atom. The number of nitrogens with one attached hydrogen (secondary N) is 1. The van der Waals surface area contributed by atoms with Gasteiger partial charge in [-0.3, -0.25) is 9.59 Å². The number of piperidine rings is 1. The maximum absolute atomic E-state index is 12.6. The minimum Gasteiger partial charge on any atom is -0.363 e. The molecule has 0 saturated carbocycles. The summed E-state index contributed by atoms with van der Waals surface area (Å²) in [6, 6.07) is 11.1. The fraction of sp³-hybridized carbons (Fsp3) is 0.350. The Labute approximate surface area is 167 Å². The minimum atomic E-state index is -0.0903. The zero-order chi connectivity index (χ0) is 19.4. The first kappa shape index (κ1) is 19.4. The largest absolute Gasteiger partial charge is 0.363 e. The number of nitrogens with zero attached hydrogens (tertiary/aromatic N) is 3. The molecular formula is C20H23BrN4O2. The highest BCUT2D eigenvalue weighted by Gasteiger charge is 2.27. The van der Waals surface area contributed by atoms with E-state index >= 15 is 0 Å². The number of carbonyl (C=O) groups excluding carboxylic acids is 2. The second-order valence-electron chi connectivity index (χ2n) is 6.86. The number of anilines is 2. The summed E-state index contributed by atoms with van der Waals surface area (Å²) < 4.78 is 0.947. The van der Waals surface area contributed by atoms with Crippen molar-refractivity contribution in [1.29, 1.82) is 0 Å². The first-order chi connectivity index (χ1) is 12.9. The molecule has 1 aromatic carbocycles. The number of benzene rings is 1. The highest BCUT2D eigenvalue weighted by molar-refractivity contribution is 9.10. The quantitative estimate of drug-likeness (QED) is 0.806. The second-order valence-corrected chi connectivity index (χ2v) is 7.78. The topological polar surface area (TPSA) is 65.5 Å². The van der Waals surface area contributed by atoms with Gasteiger partial charge in [0.1, 0.15) is 5.82 Å². The fourth-order valence-corrected chi connectivity index (χ4v) is 3.35. The van der Waals surface area contributed by atoms with E-state index in [9.17, 15) is 9.59 Å². The molecule has 1 aliphatic rings. The van der Waals surface area contributed by atoms with Crippen LogP contribution in [0.2, 0.25) is 0 Å². The molecule has 2 amide bonds. The van der Waals surface area contributed by atoms with Crippen LogP contribution >= 0.6 is 15.9 Å². The lowest BCUT2D eigenvalue weighted by Crippen LogP contribution is -2.41. The standard InChI is InChI=1S/C20H23BrN4O2/c1-24(2)18-8-7-17(13-22-18)23-19(26)14-9-11-25(12-10-14)20(27)15-3-5-16(21)6-4-15/h3-8,13-14H,9-12H2,1-2H3,(H,23,26). The van der Waals surface area contributed by atoms with Crippen LogP contribution in [0.3, 0.4) is 0 Å². The van der Waals surface area contributed by atoms with Crippen LogP contribution in [0.25, 0.3) is 0 Å². The number of likely N-dealkylation sites (tertiary alicyclic amines) is 1. The third-order valence-corrected chi connectivity index (χ3v) is 5.25. The van der Waals surface area contributed by atoms with E-state index in [4.69, 9.17) is 0 Å². The normalized spacial score (nSPS) is 14.7. The first-order valence-corrected chi connectivity index (χ1v) is 9.72. The van der Waals surface area contributed by atoms with E-state index in [0.717, 1.165) is 10.3 Å². The van der Waals surface area contributed by atoms with E-state index in [1.807, 2.05) is 60.3 Å². The van der Waals surface area contributed by atoms with E-state index < -0.39 is 0 Å². The lowest BCUT2D eigenvalue weighted by atomic mass is 9.95. The Morgan fingerprint density at radius 1 is 1.11 bits per heavy atom. The zero-order valence-electron chi connectivity index (χ0n) is 15.5. The Bertz CT molecular complexity index is 798. The summed E-state index contributed by atoms with van der Waals surface area (Å²) in [7, 11) is 3.84. The summed E-state index contributed by atoms with van der Waals surface area (Å²) in [5, 5.41) is 2.93. The van der Waals surface area contributed by atoms with Gasteiger partial charge in [-0.05, 0) is 49.2 Å². The number of amides is 2. The summed E-state index contributed by atoms with van der Waals surface area (Å²) in [6.45, 7) is 1.18. The Hall–Kier alpha value is -2.41. The van der Waals surface area contributed by atoms with Crippen LogP contribution in [-0.2, 0) is 4.79 Å². The molecule has 1 aliphatic heterocycles. The molecule has 2 heterocycles. The van der Waals surface area contributed by atoms with Gasteiger partial charge >= 0.3 is 0 Å². The number of aromatic nitrogens is 1. The molecule has 142 valence electrons. The molecule has 0 radical (unpaired) electrons. The van der Waals surface area contributed by atoms with Crippen LogP contribution in [0.4, 0.5) is 11.5 Å². The van der Waals surface area contributed by atoms with Gasteiger partial charge in [0, 0.05) is 43.1 Å².